The summed E-state index contributed by atoms with van der Waals surface area (Å²) in [5.41, 5.74) is 2.25. The van der Waals surface area contributed by atoms with Crippen LogP contribution in [-0.2, 0) is 21.5 Å². The molecule has 1 aromatic carbocycles. The van der Waals surface area contributed by atoms with Crippen LogP contribution in [0, 0.1) is 22.7 Å². The fraction of sp³-hybridized carbons (Fsp3) is 0.556. The van der Waals surface area contributed by atoms with E-state index >= 15 is 0 Å². The zero-order chi connectivity index (χ0) is 18.4. The van der Waals surface area contributed by atoms with Gasteiger partial charge in [0.15, 0.2) is 0 Å². The van der Waals surface area contributed by atoms with Crippen LogP contribution in [0.25, 0.3) is 0 Å². The lowest BCUT2D eigenvalue weighted by Crippen LogP contribution is -2.02. The molecule has 0 fully saturated rings. The van der Waals surface area contributed by atoms with Crippen molar-refractivity contribution in [1.29, 1.82) is 10.5 Å². The third-order valence-electron chi connectivity index (χ3n) is 4.79. The Kier molecular flexibility index (Phi) is 7.48. The molecule has 0 radical (unpaired) electrons. The fourth-order valence-corrected chi connectivity index (χ4v) is 6.23. The normalized spacial score (nSPS) is 11.8. The van der Waals surface area contributed by atoms with Crippen molar-refractivity contribution < 1.29 is 9.13 Å². The Morgan fingerprint density at radius 2 is 1.04 bits per heavy atom. The molecule has 0 amide bonds. The summed E-state index contributed by atoms with van der Waals surface area (Å²) in [7, 11) is -4.71. The molecule has 0 atom stereocenters. The Labute approximate surface area is 145 Å². The first-order chi connectivity index (χ1) is 11.3. The quantitative estimate of drug-likeness (QED) is 0.591. The van der Waals surface area contributed by atoms with Crippen molar-refractivity contribution in [3.63, 3.8) is 0 Å². The lowest BCUT2D eigenvalue weighted by Gasteiger charge is -2.18. The molecular weight excluding hydrogens is 338 g/mol. The second-order valence-electron chi connectivity index (χ2n) is 6.09. The van der Waals surface area contributed by atoms with Gasteiger partial charge >= 0.3 is 0 Å². The second kappa shape index (κ2) is 8.67. The average Bonchev–Trinajstić information content (AvgIpc) is 2.62. The Bertz CT molecular complexity index is 691. The third-order valence-corrected chi connectivity index (χ3v) is 11.2. The van der Waals surface area contributed by atoms with Crippen molar-refractivity contribution in [3.05, 3.63) is 34.4 Å². The summed E-state index contributed by atoms with van der Waals surface area (Å²) in [6.45, 7) is 7.59. The molecule has 0 bridgehead atoms. The van der Waals surface area contributed by atoms with Crippen molar-refractivity contribution in [2.45, 2.75) is 40.0 Å². The molecule has 130 valence electrons. The van der Waals surface area contributed by atoms with Crippen molar-refractivity contribution in [2.75, 3.05) is 24.6 Å². The molecule has 0 aliphatic heterocycles. The van der Waals surface area contributed by atoms with E-state index in [0.29, 0.717) is 59.2 Å². The standard InChI is InChI=1S/C18H26N2O2P2/c1-5-23(21,6-2)13-17-9-16(12-20)18(10-15(17)11-19)14-24(22,7-3)8-4/h9-10H,5-8,13-14H2,1-4H3. The first-order valence-electron chi connectivity index (χ1n) is 8.40. The number of nitriles is 2. The van der Waals surface area contributed by atoms with Gasteiger partial charge in [-0.2, -0.15) is 10.5 Å². The number of nitrogens with zero attached hydrogens (tertiary/aromatic N) is 2. The van der Waals surface area contributed by atoms with Crippen LogP contribution in [0.15, 0.2) is 12.1 Å². The lowest BCUT2D eigenvalue weighted by atomic mass is 10.0. The van der Waals surface area contributed by atoms with Crippen LogP contribution < -0.4 is 0 Å². The Hall–Kier alpha value is -1.34. The van der Waals surface area contributed by atoms with Crippen LogP contribution in [0.2, 0.25) is 0 Å². The number of benzene rings is 1. The molecule has 0 aliphatic rings. The van der Waals surface area contributed by atoms with Crippen LogP contribution in [0.5, 0.6) is 0 Å². The molecule has 1 rings (SSSR count). The van der Waals surface area contributed by atoms with Gasteiger partial charge in [-0.05, 0) is 47.9 Å². The van der Waals surface area contributed by atoms with Gasteiger partial charge in [0.25, 0.3) is 0 Å². The van der Waals surface area contributed by atoms with Crippen LogP contribution >= 0.6 is 14.3 Å². The van der Waals surface area contributed by atoms with Gasteiger partial charge in [0.05, 0.1) is 37.5 Å². The van der Waals surface area contributed by atoms with E-state index in [1.165, 1.54) is 0 Å². The van der Waals surface area contributed by atoms with Gasteiger partial charge in [-0.25, -0.2) is 0 Å². The molecule has 0 spiro atoms. The number of hydrogen-bond donors (Lipinski definition) is 0. The molecule has 0 saturated carbocycles. The highest BCUT2D eigenvalue weighted by Crippen LogP contribution is 2.50. The summed E-state index contributed by atoms with van der Waals surface area (Å²) in [4.78, 5) is 0. The second-order valence-corrected chi connectivity index (χ2v) is 13.5. The summed E-state index contributed by atoms with van der Waals surface area (Å²) < 4.78 is 25.5. The van der Waals surface area contributed by atoms with Crippen LogP contribution in [-0.4, -0.2) is 24.6 Å². The van der Waals surface area contributed by atoms with E-state index in [1.807, 2.05) is 27.7 Å². The minimum Gasteiger partial charge on any atom is -0.323 e. The minimum absolute atomic E-state index is 0.344. The van der Waals surface area contributed by atoms with Crippen LogP contribution in [0.4, 0.5) is 0 Å². The van der Waals surface area contributed by atoms with E-state index in [1.54, 1.807) is 12.1 Å². The minimum atomic E-state index is -2.36. The molecule has 0 saturated heterocycles. The number of hydrogen-bond acceptors (Lipinski definition) is 4. The van der Waals surface area contributed by atoms with E-state index in [0.717, 1.165) is 0 Å². The summed E-state index contributed by atoms with van der Waals surface area (Å²) >= 11 is 0. The molecule has 0 aromatic heterocycles. The van der Waals surface area contributed by atoms with E-state index < -0.39 is 14.3 Å². The summed E-state index contributed by atoms with van der Waals surface area (Å²) in [5.74, 6) is 0. The molecule has 1 aromatic rings. The van der Waals surface area contributed by atoms with Gasteiger partial charge in [-0.1, -0.05) is 27.7 Å². The van der Waals surface area contributed by atoms with Gasteiger partial charge < -0.3 is 9.13 Å². The highest BCUT2D eigenvalue weighted by atomic mass is 31.2. The fourth-order valence-electron chi connectivity index (χ4n) is 2.67. The van der Waals surface area contributed by atoms with E-state index in [-0.39, 0.29) is 0 Å². The largest absolute Gasteiger partial charge is 0.323 e. The van der Waals surface area contributed by atoms with Gasteiger partial charge in [-0.15, -0.1) is 0 Å². The monoisotopic (exact) mass is 364 g/mol. The zero-order valence-electron chi connectivity index (χ0n) is 15.0. The maximum absolute atomic E-state index is 12.8. The highest BCUT2D eigenvalue weighted by Gasteiger charge is 2.24. The van der Waals surface area contributed by atoms with Crippen molar-refractivity contribution in [3.8, 4) is 12.1 Å². The topological polar surface area (TPSA) is 81.7 Å². The van der Waals surface area contributed by atoms with Crippen LogP contribution in [0.1, 0.15) is 49.9 Å². The number of rotatable bonds is 8. The van der Waals surface area contributed by atoms with Gasteiger partial charge in [0, 0.05) is 12.3 Å². The van der Waals surface area contributed by atoms with Gasteiger partial charge in [0.2, 0.25) is 0 Å². The van der Waals surface area contributed by atoms with Crippen LogP contribution in [0.3, 0.4) is 0 Å². The van der Waals surface area contributed by atoms with E-state index in [9.17, 15) is 19.7 Å². The zero-order valence-corrected chi connectivity index (χ0v) is 16.8. The first-order valence-corrected chi connectivity index (χ1v) is 12.9. The highest BCUT2D eigenvalue weighted by molar-refractivity contribution is 7.63. The molecule has 0 aliphatic carbocycles. The predicted octanol–water partition coefficient (Wildman–Crippen LogP) is 5.24. The van der Waals surface area contributed by atoms with Crippen molar-refractivity contribution in [1.82, 2.24) is 0 Å². The van der Waals surface area contributed by atoms with Gasteiger partial charge in [0.1, 0.15) is 0 Å². The van der Waals surface area contributed by atoms with Gasteiger partial charge in [-0.3, -0.25) is 0 Å². The maximum Gasteiger partial charge on any atom is 0.0994 e. The van der Waals surface area contributed by atoms with E-state index in [2.05, 4.69) is 12.1 Å². The smallest absolute Gasteiger partial charge is 0.0994 e. The Morgan fingerprint density at radius 1 is 0.750 bits per heavy atom. The molecule has 0 heterocycles. The lowest BCUT2D eigenvalue weighted by molar-refractivity contribution is 0.574. The molecule has 24 heavy (non-hydrogen) atoms. The predicted molar refractivity (Wildman–Crippen MR) is 101 cm³/mol. The SMILES string of the molecule is CCP(=O)(CC)Cc1cc(C#N)c(CP(=O)(CC)CC)cc1C#N. The summed E-state index contributed by atoms with van der Waals surface area (Å²) in [6, 6.07) is 7.68. The Balaban J connectivity index is 3.39. The molecule has 4 nitrogen and oxygen atoms in total. The van der Waals surface area contributed by atoms with Crippen molar-refractivity contribution >= 4 is 14.3 Å². The summed E-state index contributed by atoms with van der Waals surface area (Å²) in [6.07, 6.45) is 3.02. The molecule has 6 heteroatoms. The average molecular weight is 364 g/mol. The first kappa shape index (κ1) is 20.7. The molecule has 0 unspecified atom stereocenters. The maximum atomic E-state index is 12.8. The molecular formula is C18H26N2O2P2. The van der Waals surface area contributed by atoms with E-state index in [4.69, 9.17) is 0 Å². The summed E-state index contributed by atoms with van der Waals surface area (Å²) in [5, 5.41) is 18.9. The van der Waals surface area contributed by atoms with Crippen molar-refractivity contribution in [2.24, 2.45) is 0 Å². The third kappa shape index (κ3) is 4.83. The molecule has 0 N–H and O–H groups in total. The Morgan fingerprint density at radius 3 is 1.25 bits per heavy atom.